The summed E-state index contributed by atoms with van der Waals surface area (Å²) in [5, 5.41) is 0. The summed E-state index contributed by atoms with van der Waals surface area (Å²) in [5.41, 5.74) is 5.60. The molecule has 0 atom stereocenters. The lowest BCUT2D eigenvalue weighted by molar-refractivity contribution is -0.122. The van der Waals surface area contributed by atoms with Gasteiger partial charge in [-0.2, -0.15) is 0 Å². The molecular formula is C8H12N2O. The first-order valence-corrected chi connectivity index (χ1v) is 3.13. The largest absolute Gasteiger partial charge is 0.404 e. The van der Waals surface area contributed by atoms with E-state index < -0.39 is 0 Å². The molecule has 0 unspecified atom stereocenters. The summed E-state index contributed by atoms with van der Waals surface area (Å²) >= 11 is 0. The first-order valence-electron chi connectivity index (χ1n) is 3.13. The molecule has 0 rings (SSSR count). The molecular weight excluding hydrogens is 140 g/mol. The van der Waals surface area contributed by atoms with Crippen LogP contribution in [0, 0.1) is 0 Å². The van der Waals surface area contributed by atoms with Crippen LogP contribution < -0.4 is 5.73 Å². The molecule has 0 heterocycles. The van der Waals surface area contributed by atoms with Crippen molar-refractivity contribution < 1.29 is 4.79 Å². The summed E-state index contributed by atoms with van der Waals surface area (Å²) in [6, 6.07) is 0. The fourth-order valence-electron chi connectivity index (χ4n) is 0.515. The van der Waals surface area contributed by atoms with Gasteiger partial charge in [0, 0.05) is 24.2 Å². The maximum Gasteiger partial charge on any atom is 0.258 e. The zero-order chi connectivity index (χ0) is 8.85. The number of hydrogen-bond donors (Lipinski definition) is 1. The Morgan fingerprint density at radius 2 is 1.91 bits per heavy atom. The fraction of sp³-hybridized carbons (Fsp3) is 0.125. The number of hydrogen-bond acceptors (Lipinski definition) is 2. The van der Waals surface area contributed by atoms with Crippen LogP contribution >= 0.6 is 0 Å². The second kappa shape index (κ2) is 4.33. The highest BCUT2D eigenvalue weighted by atomic mass is 16.2. The Kier molecular flexibility index (Phi) is 3.73. The third kappa shape index (κ3) is 2.29. The Bertz CT molecular complexity index is 198. The van der Waals surface area contributed by atoms with Crippen LogP contribution in [0.5, 0.6) is 0 Å². The predicted molar refractivity (Wildman–Crippen MR) is 45.2 cm³/mol. The summed E-state index contributed by atoms with van der Waals surface area (Å²) in [7, 11) is 0. The van der Waals surface area contributed by atoms with Gasteiger partial charge in [-0.25, -0.2) is 0 Å². The van der Waals surface area contributed by atoms with Crippen LogP contribution in [0.15, 0.2) is 37.3 Å². The van der Waals surface area contributed by atoms with Crippen molar-refractivity contribution in [3.63, 3.8) is 0 Å². The van der Waals surface area contributed by atoms with Gasteiger partial charge in [-0.15, -0.1) is 0 Å². The molecule has 0 fully saturated rings. The van der Waals surface area contributed by atoms with E-state index in [4.69, 9.17) is 5.73 Å². The summed E-state index contributed by atoms with van der Waals surface area (Å²) in [4.78, 5) is 12.4. The minimum absolute atomic E-state index is 0.211. The van der Waals surface area contributed by atoms with Gasteiger partial charge in [0.25, 0.3) is 5.91 Å². The van der Waals surface area contributed by atoms with Crippen LogP contribution in [0.2, 0.25) is 0 Å². The van der Waals surface area contributed by atoms with Gasteiger partial charge in [-0.3, -0.25) is 9.69 Å². The Labute approximate surface area is 66.5 Å². The normalized spacial score (nSPS) is 10.5. The average molecular weight is 152 g/mol. The first kappa shape index (κ1) is 9.49. The van der Waals surface area contributed by atoms with Crippen molar-refractivity contribution in [2.45, 2.75) is 6.92 Å². The molecule has 0 saturated heterocycles. The van der Waals surface area contributed by atoms with E-state index in [0.717, 1.165) is 0 Å². The van der Waals surface area contributed by atoms with Crippen molar-refractivity contribution >= 4 is 5.91 Å². The smallest absolute Gasteiger partial charge is 0.258 e. The minimum atomic E-state index is -0.211. The van der Waals surface area contributed by atoms with Gasteiger partial charge < -0.3 is 5.73 Å². The van der Waals surface area contributed by atoms with Gasteiger partial charge in [-0.1, -0.05) is 13.2 Å². The third-order valence-electron chi connectivity index (χ3n) is 1.22. The van der Waals surface area contributed by atoms with Gasteiger partial charge in [0.2, 0.25) is 0 Å². The zero-order valence-corrected chi connectivity index (χ0v) is 6.58. The highest BCUT2D eigenvalue weighted by Gasteiger charge is 2.07. The molecule has 0 bridgehead atoms. The van der Waals surface area contributed by atoms with Crippen LogP contribution in [0.1, 0.15) is 6.92 Å². The Hall–Kier alpha value is -1.51. The number of carbonyl (C=O) groups excluding carboxylic acids is 1. The summed E-state index contributed by atoms with van der Waals surface area (Å²) in [6.45, 7) is 8.50. The minimum Gasteiger partial charge on any atom is -0.404 e. The molecule has 11 heavy (non-hydrogen) atoms. The van der Waals surface area contributed by atoms with E-state index in [0.29, 0.717) is 5.57 Å². The van der Waals surface area contributed by atoms with Gasteiger partial charge in [0.15, 0.2) is 0 Å². The predicted octanol–water partition coefficient (Wildman–Crippen LogP) is 0.964. The molecule has 3 heteroatoms. The summed E-state index contributed by atoms with van der Waals surface area (Å²) in [6.07, 6.45) is 4.01. The number of amides is 1. The molecule has 0 aliphatic heterocycles. The van der Waals surface area contributed by atoms with E-state index in [1.165, 1.54) is 23.5 Å². The van der Waals surface area contributed by atoms with E-state index in [1.807, 2.05) is 0 Å². The zero-order valence-electron chi connectivity index (χ0n) is 6.58. The topological polar surface area (TPSA) is 46.3 Å². The fourth-order valence-corrected chi connectivity index (χ4v) is 0.515. The Morgan fingerprint density at radius 1 is 1.45 bits per heavy atom. The average Bonchev–Trinajstić information content (AvgIpc) is 2.05. The lowest BCUT2D eigenvalue weighted by atomic mass is 10.3. The molecule has 3 nitrogen and oxygen atoms in total. The highest BCUT2D eigenvalue weighted by Crippen LogP contribution is 1.99. The monoisotopic (exact) mass is 152 g/mol. The Balaban J connectivity index is 4.45. The number of nitrogens with zero attached hydrogens (tertiary/aromatic N) is 1. The molecule has 0 radical (unpaired) electrons. The van der Waals surface area contributed by atoms with Crippen molar-refractivity contribution in [3.8, 4) is 0 Å². The molecule has 60 valence electrons. The van der Waals surface area contributed by atoms with E-state index in [-0.39, 0.29) is 5.91 Å². The van der Waals surface area contributed by atoms with Gasteiger partial charge >= 0.3 is 0 Å². The summed E-state index contributed by atoms with van der Waals surface area (Å²) in [5.74, 6) is -0.211. The van der Waals surface area contributed by atoms with Crippen molar-refractivity contribution in [1.82, 2.24) is 4.90 Å². The number of carbonyl (C=O) groups is 1. The van der Waals surface area contributed by atoms with Crippen LogP contribution in [0.3, 0.4) is 0 Å². The second-order valence-electron chi connectivity index (χ2n) is 1.93. The van der Waals surface area contributed by atoms with E-state index >= 15 is 0 Å². The van der Waals surface area contributed by atoms with Crippen molar-refractivity contribution in [2.24, 2.45) is 5.73 Å². The molecule has 0 saturated carbocycles. The molecule has 0 aliphatic rings. The van der Waals surface area contributed by atoms with Crippen molar-refractivity contribution in [3.05, 3.63) is 37.3 Å². The molecule has 1 amide bonds. The van der Waals surface area contributed by atoms with Crippen LogP contribution in [0.25, 0.3) is 0 Å². The van der Waals surface area contributed by atoms with Crippen LogP contribution in [-0.4, -0.2) is 10.8 Å². The highest BCUT2D eigenvalue weighted by molar-refractivity contribution is 5.93. The molecule has 0 aromatic rings. The molecule has 0 aromatic carbocycles. The maximum absolute atomic E-state index is 11.2. The summed E-state index contributed by atoms with van der Waals surface area (Å²) < 4.78 is 0. The quantitative estimate of drug-likeness (QED) is 0.612. The van der Waals surface area contributed by atoms with E-state index in [2.05, 4.69) is 13.2 Å². The molecule has 0 aromatic heterocycles. The maximum atomic E-state index is 11.2. The van der Waals surface area contributed by atoms with Gasteiger partial charge in [-0.05, 0) is 6.92 Å². The standard InChI is InChI=1S/C8H12N2O/c1-4-10(5-2)8(11)7(3)6-9/h4-6H,1-2,9H2,3H3. The van der Waals surface area contributed by atoms with E-state index in [9.17, 15) is 4.79 Å². The van der Waals surface area contributed by atoms with Crippen LogP contribution in [0.4, 0.5) is 0 Å². The van der Waals surface area contributed by atoms with Crippen LogP contribution in [-0.2, 0) is 4.79 Å². The first-order chi connectivity index (χ1) is 5.17. The Morgan fingerprint density at radius 3 is 2.18 bits per heavy atom. The molecule has 0 aliphatic carbocycles. The lowest BCUT2D eigenvalue weighted by Crippen LogP contribution is -2.20. The second-order valence-corrected chi connectivity index (χ2v) is 1.93. The van der Waals surface area contributed by atoms with Gasteiger partial charge in [0.1, 0.15) is 0 Å². The number of nitrogens with two attached hydrogens (primary N) is 1. The third-order valence-corrected chi connectivity index (χ3v) is 1.22. The van der Waals surface area contributed by atoms with Crippen molar-refractivity contribution in [2.75, 3.05) is 0 Å². The van der Waals surface area contributed by atoms with Crippen molar-refractivity contribution in [1.29, 1.82) is 0 Å². The lowest BCUT2D eigenvalue weighted by Gasteiger charge is -2.11. The SMILES string of the molecule is C=CN(C=C)C(=O)C(C)=CN. The number of rotatable bonds is 3. The molecule has 2 N–H and O–H groups in total. The van der Waals surface area contributed by atoms with Gasteiger partial charge in [0.05, 0.1) is 0 Å². The van der Waals surface area contributed by atoms with E-state index in [1.54, 1.807) is 6.92 Å². The molecule has 0 spiro atoms.